The first kappa shape index (κ1) is 13.4. The summed E-state index contributed by atoms with van der Waals surface area (Å²) < 4.78 is 0. The maximum absolute atomic E-state index is 10.6. The second kappa shape index (κ2) is 5.71. The summed E-state index contributed by atoms with van der Waals surface area (Å²) in [6.45, 7) is 6.70. The van der Waals surface area contributed by atoms with E-state index in [1.807, 2.05) is 0 Å². The highest BCUT2D eigenvalue weighted by atomic mass is 16.3. The van der Waals surface area contributed by atoms with Crippen LogP contribution in [0.5, 0.6) is 0 Å². The standard InChI is InChI=1S/C15H29NO/c1-13(2)8-11-16(14-6-7-14)12-15(17)9-4-3-5-10-15/h13-14,17H,3-12H2,1-2H3. The van der Waals surface area contributed by atoms with E-state index in [2.05, 4.69) is 18.7 Å². The van der Waals surface area contributed by atoms with Crippen molar-refractivity contribution in [3.63, 3.8) is 0 Å². The zero-order valence-electron chi connectivity index (χ0n) is 11.6. The van der Waals surface area contributed by atoms with Gasteiger partial charge in [0, 0.05) is 12.6 Å². The molecule has 2 saturated carbocycles. The number of hydrogen-bond acceptors (Lipinski definition) is 2. The van der Waals surface area contributed by atoms with Crippen LogP contribution >= 0.6 is 0 Å². The van der Waals surface area contributed by atoms with Crippen molar-refractivity contribution in [3.8, 4) is 0 Å². The fourth-order valence-corrected chi connectivity index (χ4v) is 3.00. The van der Waals surface area contributed by atoms with Gasteiger partial charge in [-0.1, -0.05) is 33.1 Å². The Morgan fingerprint density at radius 3 is 2.35 bits per heavy atom. The van der Waals surface area contributed by atoms with Crippen LogP contribution in [0.1, 0.15) is 65.2 Å². The molecule has 2 heteroatoms. The molecule has 0 aromatic heterocycles. The van der Waals surface area contributed by atoms with Crippen LogP contribution in [0.25, 0.3) is 0 Å². The summed E-state index contributed by atoms with van der Waals surface area (Å²) in [7, 11) is 0. The molecular weight excluding hydrogens is 210 g/mol. The molecule has 0 saturated heterocycles. The lowest BCUT2D eigenvalue weighted by atomic mass is 9.84. The SMILES string of the molecule is CC(C)CCN(CC1(O)CCCCC1)C1CC1. The number of rotatable bonds is 6. The fraction of sp³-hybridized carbons (Fsp3) is 1.00. The van der Waals surface area contributed by atoms with Crippen molar-refractivity contribution in [2.75, 3.05) is 13.1 Å². The van der Waals surface area contributed by atoms with Gasteiger partial charge in [0.2, 0.25) is 0 Å². The van der Waals surface area contributed by atoms with Crippen molar-refractivity contribution in [2.24, 2.45) is 5.92 Å². The van der Waals surface area contributed by atoms with Gasteiger partial charge in [-0.25, -0.2) is 0 Å². The lowest BCUT2D eigenvalue weighted by Gasteiger charge is -2.37. The Bertz CT molecular complexity index is 229. The van der Waals surface area contributed by atoms with Gasteiger partial charge in [0.15, 0.2) is 0 Å². The maximum Gasteiger partial charge on any atom is 0.0774 e. The largest absolute Gasteiger partial charge is 0.389 e. The van der Waals surface area contributed by atoms with Crippen LogP contribution in [0, 0.1) is 5.92 Å². The first-order chi connectivity index (χ1) is 8.09. The Morgan fingerprint density at radius 2 is 1.82 bits per heavy atom. The van der Waals surface area contributed by atoms with E-state index in [1.54, 1.807) is 0 Å². The predicted octanol–water partition coefficient (Wildman–Crippen LogP) is 3.19. The van der Waals surface area contributed by atoms with Gasteiger partial charge in [0.05, 0.1) is 5.60 Å². The van der Waals surface area contributed by atoms with E-state index in [4.69, 9.17) is 0 Å². The van der Waals surface area contributed by atoms with E-state index in [1.165, 1.54) is 45.1 Å². The lowest BCUT2D eigenvalue weighted by molar-refractivity contribution is -0.0290. The molecule has 0 radical (unpaired) electrons. The number of hydrogen-bond donors (Lipinski definition) is 1. The summed E-state index contributed by atoms with van der Waals surface area (Å²) in [6, 6.07) is 0.791. The van der Waals surface area contributed by atoms with Crippen molar-refractivity contribution in [2.45, 2.75) is 76.9 Å². The average molecular weight is 239 g/mol. The lowest BCUT2D eigenvalue weighted by Crippen LogP contribution is -2.45. The summed E-state index contributed by atoms with van der Waals surface area (Å²) >= 11 is 0. The third-order valence-corrected chi connectivity index (χ3v) is 4.34. The van der Waals surface area contributed by atoms with E-state index in [0.717, 1.165) is 31.3 Å². The minimum Gasteiger partial charge on any atom is -0.389 e. The van der Waals surface area contributed by atoms with Crippen LogP contribution in [-0.4, -0.2) is 34.7 Å². The molecule has 0 unspecified atom stereocenters. The van der Waals surface area contributed by atoms with E-state index >= 15 is 0 Å². The maximum atomic E-state index is 10.6. The second-order valence-corrected chi connectivity index (χ2v) is 6.67. The molecule has 2 fully saturated rings. The Kier molecular flexibility index (Phi) is 4.48. The van der Waals surface area contributed by atoms with E-state index in [0.29, 0.717) is 0 Å². The van der Waals surface area contributed by atoms with E-state index in [9.17, 15) is 5.11 Å². The highest BCUT2D eigenvalue weighted by molar-refractivity contribution is 4.92. The molecule has 2 nitrogen and oxygen atoms in total. The Morgan fingerprint density at radius 1 is 1.18 bits per heavy atom. The van der Waals surface area contributed by atoms with Gasteiger partial charge in [0.1, 0.15) is 0 Å². The molecule has 0 aromatic rings. The molecule has 0 heterocycles. The Hall–Kier alpha value is -0.0800. The van der Waals surface area contributed by atoms with Crippen molar-refractivity contribution < 1.29 is 5.11 Å². The molecule has 0 bridgehead atoms. The Labute approximate surface area is 106 Å². The third-order valence-electron chi connectivity index (χ3n) is 4.34. The first-order valence-electron chi connectivity index (χ1n) is 7.55. The highest BCUT2D eigenvalue weighted by Crippen LogP contribution is 2.33. The van der Waals surface area contributed by atoms with Crippen LogP contribution in [-0.2, 0) is 0 Å². The zero-order valence-corrected chi connectivity index (χ0v) is 11.6. The molecule has 0 aromatic carbocycles. The van der Waals surface area contributed by atoms with Crippen LogP contribution in [0.3, 0.4) is 0 Å². The molecule has 0 spiro atoms. The van der Waals surface area contributed by atoms with Crippen LogP contribution < -0.4 is 0 Å². The number of aliphatic hydroxyl groups is 1. The molecule has 2 aliphatic carbocycles. The summed E-state index contributed by atoms with van der Waals surface area (Å²) in [5.41, 5.74) is -0.363. The quantitative estimate of drug-likeness (QED) is 0.769. The molecule has 0 amide bonds. The second-order valence-electron chi connectivity index (χ2n) is 6.67. The Balaban J connectivity index is 1.83. The van der Waals surface area contributed by atoms with Crippen LogP contribution in [0.4, 0.5) is 0 Å². The smallest absolute Gasteiger partial charge is 0.0774 e. The first-order valence-corrected chi connectivity index (χ1v) is 7.55. The van der Waals surface area contributed by atoms with Gasteiger partial charge in [-0.05, 0) is 44.6 Å². The topological polar surface area (TPSA) is 23.5 Å². The van der Waals surface area contributed by atoms with Gasteiger partial charge in [0.25, 0.3) is 0 Å². The van der Waals surface area contributed by atoms with Gasteiger partial charge in [-0.3, -0.25) is 4.90 Å². The minimum absolute atomic E-state index is 0.363. The van der Waals surface area contributed by atoms with Crippen molar-refractivity contribution in [3.05, 3.63) is 0 Å². The van der Waals surface area contributed by atoms with Crippen LogP contribution in [0.2, 0.25) is 0 Å². The van der Waals surface area contributed by atoms with Crippen molar-refractivity contribution >= 4 is 0 Å². The average Bonchev–Trinajstić information content (AvgIpc) is 3.08. The van der Waals surface area contributed by atoms with Crippen molar-refractivity contribution in [1.82, 2.24) is 4.90 Å². The highest BCUT2D eigenvalue weighted by Gasteiger charge is 2.36. The summed E-state index contributed by atoms with van der Waals surface area (Å²) in [6.07, 6.45) is 9.79. The van der Waals surface area contributed by atoms with E-state index in [-0.39, 0.29) is 5.60 Å². The van der Waals surface area contributed by atoms with E-state index < -0.39 is 0 Å². The minimum atomic E-state index is -0.363. The molecule has 0 atom stereocenters. The van der Waals surface area contributed by atoms with Crippen LogP contribution in [0.15, 0.2) is 0 Å². The summed E-state index contributed by atoms with van der Waals surface area (Å²) in [4.78, 5) is 2.57. The molecule has 2 aliphatic rings. The zero-order chi connectivity index (χ0) is 12.3. The van der Waals surface area contributed by atoms with Gasteiger partial charge >= 0.3 is 0 Å². The summed E-state index contributed by atoms with van der Waals surface area (Å²) in [5.74, 6) is 0.775. The fourth-order valence-electron chi connectivity index (χ4n) is 3.00. The van der Waals surface area contributed by atoms with Gasteiger partial charge in [-0.2, -0.15) is 0 Å². The van der Waals surface area contributed by atoms with Gasteiger partial charge in [-0.15, -0.1) is 0 Å². The molecule has 1 N–H and O–H groups in total. The molecule has 2 rings (SSSR count). The van der Waals surface area contributed by atoms with Gasteiger partial charge < -0.3 is 5.11 Å². The van der Waals surface area contributed by atoms with Crippen molar-refractivity contribution in [1.29, 1.82) is 0 Å². The summed E-state index contributed by atoms with van der Waals surface area (Å²) in [5, 5.41) is 10.6. The number of nitrogens with zero attached hydrogens (tertiary/aromatic N) is 1. The molecule has 17 heavy (non-hydrogen) atoms. The molecule has 100 valence electrons. The molecular formula is C15H29NO. The third kappa shape index (κ3) is 4.26. The monoisotopic (exact) mass is 239 g/mol. The molecule has 0 aliphatic heterocycles. The normalized spacial score (nSPS) is 24.5. The predicted molar refractivity (Wildman–Crippen MR) is 72.1 cm³/mol.